The highest BCUT2D eigenvalue weighted by atomic mass is 16.2. The summed E-state index contributed by atoms with van der Waals surface area (Å²) in [5.41, 5.74) is 5.14. The van der Waals surface area contributed by atoms with Crippen LogP contribution >= 0.6 is 0 Å². The zero-order valence-corrected chi connectivity index (χ0v) is 11.5. The van der Waals surface area contributed by atoms with Crippen LogP contribution < -0.4 is 16.4 Å². The molecule has 0 aliphatic heterocycles. The van der Waals surface area contributed by atoms with E-state index >= 15 is 0 Å². The molecule has 0 unspecified atom stereocenters. The molecule has 0 aliphatic rings. The molecule has 0 rings (SSSR count). The first-order chi connectivity index (χ1) is 8.77. The molecule has 0 saturated carbocycles. The van der Waals surface area contributed by atoms with Crippen molar-refractivity contribution in [3.8, 4) is 12.3 Å². The van der Waals surface area contributed by atoms with E-state index in [9.17, 15) is 14.4 Å². The fraction of sp³-hybridized carbons (Fsp3) is 0.615. The highest BCUT2D eigenvalue weighted by Crippen LogP contribution is 2.05. The number of primary amides is 1. The fourth-order valence-corrected chi connectivity index (χ4v) is 1.56. The number of nitrogens with two attached hydrogens (primary N) is 1. The normalized spacial score (nSPS) is 13.2. The van der Waals surface area contributed by atoms with Gasteiger partial charge in [0.2, 0.25) is 17.7 Å². The minimum atomic E-state index is -0.916. The van der Waals surface area contributed by atoms with Gasteiger partial charge in [0.25, 0.3) is 0 Å². The van der Waals surface area contributed by atoms with E-state index in [0.29, 0.717) is 6.42 Å². The molecule has 106 valence electrons. The summed E-state index contributed by atoms with van der Waals surface area (Å²) in [6.07, 6.45) is 5.59. The van der Waals surface area contributed by atoms with Crippen LogP contribution in [-0.2, 0) is 14.4 Å². The van der Waals surface area contributed by atoms with Crippen LogP contribution in [0.25, 0.3) is 0 Å². The molecule has 0 aromatic heterocycles. The zero-order chi connectivity index (χ0) is 15.0. The second kappa shape index (κ2) is 8.14. The van der Waals surface area contributed by atoms with Gasteiger partial charge in [0.15, 0.2) is 0 Å². The van der Waals surface area contributed by atoms with E-state index in [1.807, 2.05) is 13.8 Å². The Kier molecular flexibility index (Phi) is 7.27. The Morgan fingerprint density at radius 2 is 1.79 bits per heavy atom. The summed E-state index contributed by atoms with van der Waals surface area (Å²) in [4.78, 5) is 34.2. The van der Waals surface area contributed by atoms with Crippen molar-refractivity contribution in [3.63, 3.8) is 0 Å². The van der Waals surface area contributed by atoms with Gasteiger partial charge >= 0.3 is 0 Å². The SMILES string of the molecule is C#CC[C@H](NC(=O)[C@H](CC(C)C)NC(C)=O)C(N)=O. The Morgan fingerprint density at radius 3 is 2.16 bits per heavy atom. The second-order valence-electron chi connectivity index (χ2n) is 4.75. The van der Waals surface area contributed by atoms with Crippen LogP contribution in [0.4, 0.5) is 0 Å². The highest BCUT2D eigenvalue weighted by molar-refractivity contribution is 5.91. The maximum Gasteiger partial charge on any atom is 0.243 e. The third-order valence-electron chi connectivity index (χ3n) is 2.38. The van der Waals surface area contributed by atoms with E-state index < -0.39 is 23.9 Å². The average Bonchev–Trinajstić information content (AvgIpc) is 2.25. The number of hydrogen-bond acceptors (Lipinski definition) is 3. The molecule has 0 aliphatic carbocycles. The van der Waals surface area contributed by atoms with Crippen molar-refractivity contribution in [1.29, 1.82) is 0 Å². The molecule has 6 heteroatoms. The van der Waals surface area contributed by atoms with Crippen LogP contribution in [-0.4, -0.2) is 29.8 Å². The molecule has 2 atom stereocenters. The van der Waals surface area contributed by atoms with Gasteiger partial charge in [-0.2, -0.15) is 0 Å². The number of carbonyl (C=O) groups is 3. The molecule has 0 spiro atoms. The quantitative estimate of drug-likeness (QED) is 0.543. The summed E-state index contributed by atoms with van der Waals surface area (Å²) >= 11 is 0. The molecule has 4 N–H and O–H groups in total. The van der Waals surface area contributed by atoms with Crippen molar-refractivity contribution < 1.29 is 14.4 Å². The van der Waals surface area contributed by atoms with E-state index in [1.54, 1.807) is 0 Å². The second-order valence-corrected chi connectivity index (χ2v) is 4.75. The zero-order valence-electron chi connectivity index (χ0n) is 11.5. The van der Waals surface area contributed by atoms with Crippen LogP contribution in [0.15, 0.2) is 0 Å². The maximum atomic E-state index is 12.0. The molecular weight excluding hydrogens is 246 g/mol. The molecule has 0 heterocycles. The lowest BCUT2D eigenvalue weighted by atomic mass is 10.0. The van der Waals surface area contributed by atoms with Crippen LogP contribution in [0.3, 0.4) is 0 Å². The number of rotatable bonds is 7. The van der Waals surface area contributed by atoms with Gasteiger partial charge in [-0.3, -0.25) is 14.4 Å². The lowest BCUT2D eigenvalue weighted by Gasteiger charge is -2.21. The van der Waals surface area contributed by atoms with Gasteiger partial charge in [0.05, 0.1) is 0 Å². The number of amides is 3. The van der Waals surface area contributed by atoms with Crippen molar-refractivity contribution in [2.75, 3.05) is 0 Å². The fourth-order valence-electron chi connectivity index (χ4n) is 1.56. The molecule has 0 aromatic rings. The predicted octanol–water partition coefficient (Wildman–Crippen LogP) is -0.469. The van der Waals surface area contributed by atoms with Crippen LogP contribution in [0.2, 0.25) is 0 Å². The summed E-state index contributed by atoms with van der Waals surface area (Å²) in [6, 6.07) is -1.61. The first kappa shape index (κ1) is 17.0. The van der Waals surface area contributed by atoms with E-state index in [0.717, 1.165) is 0 Å². The van der Waals surface area contributed by atoms with Crippen LogP contribution in [0.1, 0.15) is 33.6 Å². The Morgan fingerprint density at radius 1 is 1.21 bits per heavy atom. The Bertz CT molecular complexity index is 385. The van der Waals surface area contributed by atoms with E-state index in [4.69, 9.17) is 12.2 Å². The molecule has 19 heavy (non-hydrogen) atoms. The maximum absolute atomic E-state index is 12.0. The average molecular weight is 267 g/mol. The predicted molar refractivity (Wildman–Crippen MR) is 71.6 cm³/mol. The smallest absolute Gasteiger partial charge is 0.243 e. The standard InChI is InChI=1S/C13H21N3O3/c1-5-6-10(12(14)18)16-13(19)11(7-8(2)3)15-9(4)17/h1,8,10-11H,6-7H2,2-4H3,(H2,14,18)(H,15,17)(H,16,19)/t10-,11-/m0/s1. The third-order valence-corrected chi connectivity index (χ3v) is 2.38. The van der Waals surface area contributed by atoms with Gasteiger partial charge in [-0.1, -0.05) is 13.8 Å². The topological polar surface area (TPSA) is 101 Å². The summed E-state index contributed by atoms with van der Waals surface area (Å²) in [5, 5.41) is 5.00. The van der Waals surface area contributed by atoms with Gasteiger partial charge in [-0.15, -0.1) is 12.3 Å². The molecule has 0 aromatic carbocycles. The van der Waals surface area contributed by atoms with Crippen LogP contribution in [0, 0.1) is 18.3 Å². The van der Waals surface area contributed by atoms with Crippen molar-refractivity contribution in [2.24, 2.45) is 11.7 Å². The van der Waals surface area contributed by atoms with Gasteiger partial charge in [0.1, 0.15) is 12.1 Å². The Labute approximate surface area is 113 Å². The lowest BCUT2D eigenvalue weighted by molar-refractivity contribution is -0.131. The first-order valence-corrected chi connectivity index (χ1v) is 6.08. The monoisotopic (exact) mass is 267 g/mol. The Balaban J connectivity index is 4.74. The summed E-state index contributed by atoms with van der Waals surface area (Å²) in [5.74, 6) is 1.02. The molecule has 0 radical (unpaired) electrons. The minimum absolute atomic E-state index is 0.0234. The van der Waals surface area contributed by atoms with Gasteiger partial charge in [-0.05, 0) is 12.3 Å². The molecule has 6 nitrogen and oxygen atoms in total. The number of carbonyl (C=O) groups excluding carboxylic acids is 3. The van der Waals surface area contributed by atoms with Crippen molar-refractivity contribution in [2.45, 2.75) is 45.7 Å². The van der Waals surface area contributed by atoms with Crippen molar-refractivity contribution in [3.05, 3.63) is 0 Å². The molecule has 3 amide bonds. The first-order valence-electron chi connectivity index (χ1n) is 6.08. The third kappa shape index (κ3) is 7.09. The molecule has 0 fully saturated rings. The molecule has 0 bridgehead atoms. The summed E-state index contributed by atoms with van der Waals surface area (Å²) < 4.78 is 0. The Hall–Kier alpha value is -2.03. The number of nitrogens with one attached hydrogen (secondary N) is 2. The van der Waals surface area contributed by atoms with Gasteiger partial charge in [0, 0.05) is 13.3 Å². The molecular formula is C13H21N3O3. The van der Waals surface area contributed by atoms with Gasteiger partial charge < -0.3 is 16.4 Å². The number of hydrogen-bond donors (Lipinski definition) is 3. The van der Waals surface area contributed by atoms with Gasteiger partial charge in [-0.25, -0.2) is 0 Å². The summed E-state index contributed by atoms with van der Waals surface area (Å²) in [7, 11) is 0. The minimum Gasteiger partial charge on any atom is -0.368 e. The highest BCUT2D eigenvalue weighted by Gasteiger charge is 2.24. The molecule has 0 saturated heterocycles. The van der Waals surface area contributed by atoms with Crippen LogP contribution in [0.5, 0.6) is 0 Å². The van der Waals surface area contributed by atoms with Crippen molar-refractivity contribution >= 4 is 17.7 Å². The largest absolute Gasteiger partial charge is 0.368 e. The van der Waals surface area contributed by atoms with Crippen molar-refractivity contribution in [1.82, 2.24) is 10.6 Å². The lowest BCUT2D eigenvalue weighted by Crippen LogP contribution is -2.52. The number of terminal acetylenes is 1. The van der Waals surface area contributed by atoms with E-state index in [1.165, 1.54) is 6.92 Å². The summed E-state index contributed by atoms with van der Waals surface area (Å²) in [6.45, 7) is 5.18. The van der Waals surface area contributed by atoms with E-state index in [2.05, 4.69) is 16.6 Å². The van der Waals surface area contributed by atoms with E-state index in [-0.39, 0.29) is 18.2 Å².